The van der Waals surface area contributed by atoms with Crippen LogP contribution >= 0.6 is 0 Å². The number of allylic oxidation sites excluding steroid dienone is 2. The zero-order valence-electron chi connectivity index (χ0n) is 18.5. The van der Waals surface area contributed by atoms with Crippen LogP contribution in [0.15, 0.2) is 72.8 Å². The summed E-state index contributed by atoms with van der Waals surface area (Å²) in [7, 11) is 8.38. The number of nitrogens with zero attached hydrogens (tertiary/aromatic N) is 2. The fraction of sp³-hybridized carbons (Fsp3) is 0.385. The number of rotatable bonds is 8. The molecule has 0 saturated heterocycles. The third-order valence-corrected chi connectivity index (χ3v) is 5.93. The van der Waals surface area contributed by atoms with Crippen LogP contribution in [0.3, 0.4) is 0 Å². The van der Waals surface area contributed by atoms with Crippen molar-refractivity contribution in [1.82, 2.24) is 10.2 Å². The first-order valence-corrected chi connectivity index (χ1v) is 10.6. The van der Waals surface area contributed by atoms with Crippen LogP contribution < -0.4 is 10.2 Å². The van der Waals surface area contributed by atoms with E-state index in [1.54, 1.807) is 0 Å². The average molecular weight is 390 g/mol. The van der Waals surface area contributed by atoms with Crippen LogP contribution in [0.1, 0.15) is 29.5 Å². The van der Waals surface area contributed by atoms with Crippen LogP contribution in [0.25, 0.3) is 0 Å². The Kier molecular flexibility index (Phi) is 7.29. The van der Waals surface area contributed by atoms with Gasteiger partial charge in [0.2, 0.25) is 0 Å². The lowest BCUT2D eigenvalue weighted by Crippen LogP contribution is -2.26. The van der Waals surface area contributed by atoms with Crippen LogP contribution in [-0.4, -0.2) is 45.7 Å². The number of benzene rings is 2. The highest BCUT2D eigenvalue weighted by Gasteiger charge is 2.24. The molecule has 154 valence electrons. The highest BCUT2D eigenvalue weighted by atomic mass is 15.1. The summed E-state index contributed by atoms with van der Waals surface area (Å²) in [5.74, 6) is 0.673. The Bertz CT molecular complexity index is 804. The number of hydrogen-bond donors (Lipinski definition) is 1. The van der Waals surface area contributed by atoms with E-state index in [1.165, 1.54) is 22.4 Å². The van der Waals surface area contributed by atoms with Crippen molar-refractivity contribution in [2.75, 3.05) is 39.6 Å². The second-order valence-electron chi connectivity index (χ2n) is 8.16. The van der Waals surface area contributed by atoms with E-state index >= 15 is 0 Å². The van der Waals surface area contributed by atoms with E-state index in [-0.39, 0.29) is 0 Å². The molecule has 0 spiro atoms. The molecular formula is C26H35N3. The Morgan fingerprint density at radius 2 is 1.38 bits per heavy atom. The Morgan fingerprint density at radius 1 is 0.828 bits per heavy atom. The predicted octanol–water partition coefficient (Wildman–Crippen LogP) is 4.67. The lowest BCUT2D eigenvalue weighted by molar-refractivity contribution is 0.385. The molecule has 2 aromatic rings. The Balaban J connectivity index is 1.93. The summed E-state index contributed by atoms with van der Waals surface area (Å²) in [5.41, 5.74) is 5.31. The molecular weight excluding hydrogens is 354 g/mol. The molecule has 0 radical (unpaired) electrons. The fourth-order valence-electron chi connectivity index (χ4n) is 3.98. The van der Waals surface area contributed by atoms with Crippen LogP contribution in [0.2, 0.25) is 0 Å². The Labute approximate surface area is 176 Å². The van der Waals surface area contributed by atoms with Gasteiger partial charge in [-0.2, -0.15) is 0 Å². The van der Waals surface area contributed by atoms with Crippen molar-refractivity contribution in [3.63, 3.8) is 0 Å². The molecule has 0 bridgehead atoms. The molecule has 1 N–H and O–H groups in total. The third-order valence-electron chi connectivity index (χ3n) is 5.93. The Morgan fingerprint density at radius 3 is 1.86 bits per heavy atom. The zero-order valence-corrected chi connectivity index (χ0v) is 18.5. The van der Waals surface area contributed by atoms with Crippen molar-refractivity contribution in [3.8, 4) is 0 Å². The molecule has 0 amide bonds. The van der Waals surface area contributed by atoms with Crippen molar-refractivity contribution >= 4 is 5.69 Å². The molecule has 0 aliphatic heterocycles. The molecule has 1 unspecified atom stereocenters. The average Bonchev–Trinajstić information content (AvgIpc) is 2.75. The van der Waals surface area contributed by atoms with Crippen LogP contribution in [0.4, 0.5) is 5.69 Å². The first-order chi connectivity index (χ1) is 14.0. The van der Waals surface area contributed by atoms with Gasteiger partial charge in [-0.1, -0.05) is 60.7 Å². The summed E-state index contributed by atoms with van der Waals surface area (Å²) in [6.45, 7) is 4.09. The first kappa shape index (κ1) is 21.4. The smallest absolute Gasteiger partial charge is 0.0456 e. The molecule has 3 rings (SSSR count). The van der Waals surface area contributed by atoms with Gasteiger partial charge in [-0.3, -0.25) is 4.90 Å². The number of nitrogens with one attached hydrogen (secondary N) is 1. The summed E-state index contributed by atoms with van der Waals surface area (Å²) in [6.07, 6.45) is 9.41. The molecule has 1 aliphatic carbocycles. The summed E-state index contributed by atoms with van der Waals surface area (Å²) in [4.78, 5) is 4.51. The second kappa shape index (κ2) is 9.91. The van der Waals surface area contributed by atoms with Gasteiger partial charge >= 0.3 is 0 Å². The van der Waals surface area contributed by atoms with Gasteiger partial charge in [0.15, 0.2) is 0 Å². The third kappa shape index (κ3) is 5.17. The minimum atomic E-state index is 0.315. The van der Waals surface area contributed by atoms with E-state index in [2.05, 4.69) is 116 Å². The standard InChI is InChI=1S/C26H35N3/c1-6-29(5)25-17-13-23(14-18-25)26(21-9-7-20(8-10-21)19-27-2)22-11-15-24(16-12-22)28(3)4/h7-18,22,24,26-27H,6,19H2,1-5H3. The van der Waals surface area contributed by atoms with Gasteiger partial charge in [0.25, 0.3) is 0 Å². The molecule has 3 heteroatoms. The number of hydrogen-bond acceptors (Lipinski definition) is 3. The minimum Gasteiger partial charge on any atom is -0.375 e. The molecule has 29 heavy (non-hydrogen) atoms. The normalized spacial score (nSPS) is 19.5. The number of anilines is 1. The maximum absolute atomic E-state index is 3.23. The largest absolute Gasteiger partial charge is 0.375 e. The SMILES string of the molecule is CCN(C)c1ccc(C(c2ccc(CNC)cc2)C2C=CC(N(C)C)C=C2)cc1. The first-order valence-electron chi connectivity index (χ1n) is 10.6. The van der Waals surface area contributed by atoms with Crippen molar-refractivity contribution in [2.45, 2.75) is 25.4 Å². The van der Waals surface area contributed by atoms with Crippen molar-refractivity contribution in [3.05, 3.63) is 89.5 Å². The highest BCUT2D eigenvalue weighted by molar-refractivity contribution is 5.49. The van der Waals surface area contributed by atoms with Crippen LogP contribution in [-0.2, 0) is 6.54 Å². The summed E-state index contributed by atoms with van der Waals surface area (Å²) in [5, 5.41) is 3.23. The van der Waals surface area contributed by atoms with Gasteiger partial charge in [-0.25, -0.2) is 0 Å². The second-order valence-corrected chi connectivity index (χ2v) is 8.16. The molecule has 0 fully saturated rings. The van der Waals surface area contributed by atoms with Gasteiger partial charge < -0.3 is 10.2 Å². The van der Waals surface area contributed by atoms with Gasteiger partial charge in [-0.15, -0.1) is 0 Å². The summed E-state index contributed by atoms with van der Waals surface area (Å²) < 4.78 is 0. The van der Waals surface area contributed by atoms with E-state index in [4.69, 9.17) is 0 Å². The van der Waals surface area contributed by atoms with Gasteiger partial charge in [0.1, 0.15) is 0 Å². The monoisotopic (exact) mass is 389 g/mol. The van der Waals surface area contributed by atoms with Gasteiger partial charge in [0, 0.05) is 43.7 Å². The van der Waals surface area contributed by atoms with Gasteiger partial charge in [-0.05, 0) is 56.9 Å². The van der Waals surface area contributed by atoms with Crippen molar-refractivity contribution < 1.29 is 0 Å². The maximum Gasteiger partial charge on any atom is 0.0456 e. The summed E-state index contributed by atoms with van der Waals surface area (Å²) in [6, 6.07) is 18.6. The lowest BCUT2D eigenvalue weighted by Gasteiger charge is -2.29. The topological polar surface area (TPSA) is 18.5 Å². The minimum absolute atomic E-state index is 0.315. The van der Waals surface area contributed by atoms with Crippen LogP contribution in [0.5, 0.6) is 0 Å². The highest BCUT2D eigenvalue weighted by Crippen LogP contribution is 2.36. The van der Waals surface area contributed by atoms with Crippen LogP contribution in [0, 0.1) is 5.92 Å². The summed E-state index contributed by atoms with van der Waals surface area (Å²) >= 11 is 0. The molecule has 0 heterocycles. The van der Waals surface area contributed by atoms with Crippen molar-refractivity contribution in [2.24, 2.45) is 5.92 Å². The molecule has 0 saturated carbocycles. The predicted molar refractivity (Wildman–Crippen MR) is 126 cm³/mol. The van der Waals surface area contributed by atoms with E-state index in [1.807, 2.05) is 7.05 Å². The zero-order chi connectivity index (χ0) is 20.8. The van der Waals surface area contributed by atoms with Gasteiger partial charge in [0.05, 0.1) is 0 Å². The lowest BCUT2D eigenvalue weighted by atomic mass is 9.78. The molecule has 1 aliphatic rings. The van der Waals surface area contributed by atoms with E-state index in [0.29, 0.717) is 17.9 Å². The van der Waals surface area contributed by atoms with E-state index < -0.39 is 0 Å². The maximum atomic E-state index is 3.23. The van der Waals surface area contributed by atoms with Crippen molar-refractivity contribution in [1.29, 1.82) is 0 Å². The van der Waals surface area contributed by atoms with E-state index in [0.717, 1.165) is 13.1 Å². The quantitative estimate of drug-likeness (QED) is 0.662. The fourth-order valence-corrected chi connectivity index (χ4v) is 3.98. The molecule has 3 nitrogen and oxygen atoms in total. The molecule has 0 aromatic heterocycles. The number of likely N-dealkylation sites (N-methyl/N-ethyl adjacent to an activating group) is 1. The Hall–Kier alpha value is -2.36. The van der Waals surface area contributed by atoms with E-state index in [9.17, 15) is 0 Å². The molecule has 2 aromatic carbocycles. The molecule has 1 atom stereocenters.